The lowest BCUT2D eigenvalue weighted by atomic mass is 9.62. The second-order valence-electron chi connectivity index (χ2n) is 13.4. The second kappa shape index (κ2) is 11.0. The molecule has 0 radical (unpaired) electrons. The minimum absolute atomic E-state index is 0.592. The molecular formula is C47H37N3. The Kier molecular flexibility index (Phi) is 6.35. The van der Waals surface area contributed by atoms with E-state index in [4.69, 9.17) is 0 Å². The maximum absolute atomic E-state index is 2.50. The first-order valence-corrected chi connectivity index (χ1v) is 17.8. The molecule has 9 aromatic rings. The molecule has 0 fully saturated rings. The molecule has 2 aromatic heterocycles. The number of hydrogen-bond acceptors (Lipinski definition) is 1. The summed E-state index contributed by atoms with van der Waals surface area (Å²) in [6, 6.07) is 61.2. The minimum Gasteiger partial charge on any atom is -0.341 e. The molecule has 0 N–H and O–H groups in total. The third-order valence-electron chi connectivity index (χ3n) is 11.2. The lowest BCUT2D eigenvalue weighted by Crippen LogP contribution is -2.37. The summed E-state index contributed by atoms with van der Waals surface area (Å²) in [6.45, 7) is 6.33. The number of aromatic nitrogens is 2. The van der Waals surface area contributed by atoms with E-state index >= 15 is 0 Å². The molecular weight excluding hydrogens is 607 g/mol. The molecule has 0 amide bonds. The van der Waals surface area contributed by atoms with Crippen molar-refractivity contribution in [2.75, 3.05) is 4.90 Å². The fourth-order valence-corrected chi connectivity index (χ4v) is 9.15. The van der Waals surface area contributed by atoms with Crippen LogP contribution in [0, 0.1) is 0 Å². The molecule has 0 bridgehead atoms. The van der Waals surface area contributed by atoms with Crippen LogP contribution in [0.25, 0.3) is 43.6 Å². The van der Waals surface area contributed by atoms with Gasteiger partial charge in [-0.1, -0.05) is 103 Å². The molecule has 0 saturated carbocycles. The van der Waals surface area contributed by atoms with Crippen molar-refractivity contribution in [2.45, 2.75) is 32.4 Å². The average molecular weight is 644 g/mol. The predicted octanol–water partition coefficient (Wildman–Crippen LogP) is 12.1. The Balaban J connectivity index is 1.38. The highest BCUT2D eigenvalue weighted by Gasteiger charge is 2.46. The summed E-state index contributed by atoms with van der Waals surface area (Å²) < 4.78 is 4.90. The van der Waals surface area contributed by atoms with Gasteiger partial charge in [-0.3, -0.25) is 0 Å². The van der Waals surface area contributed by atoms with E-state index in [1.807, 2.05) is 0 Å². The van der Waals surface area contributed by atoms with Crippen molar-refractivity contribution in [2.24, 2.45) is 0 Å². The minimum atomic E-state index is -0.592. The number of nitrogens with zero attached hydrogens (tertiary/aromatic N) is 3. The molecule has 240 valence electrons. The number of para-hydroxylation sites is 5. The maximum atomic E-state index is 2.50. The highest BCUT2D eigenvalue weighted by molar-refractivity contribution is 6.10. The molecule has 0 atom stereocenters. The predicted molar refractivity (Wildman–Crippen MR) is 210 cm³/mol. The molecule has 0 saturated heterocycles. The van der Waals surface area contributed by atoms with Crippen molar-refractivity contribution in [1.29, 1.82) is 0 Å². The van der Waals surface area contributed by atoms with Gasteiger partial charge in [-0.05, 0) is 96.8 Å². The first kappa shape index (κ1) is 28.9. The van der Waals surface area contributed by atoms with E-state index in [2.05, 4.69) is 192 Å². The van der Waals surface area contributed by atoms with E-state index in [0.717, 1.165) is 18.8 Å². The number of fused-ring (bicyclic) bond motifs is 8. The van der Waals surface area contributed by atoms with Crippen LogP contribution in [0.4, 0.5) is 17.1 Å². The number of hydrogen-bond donors (Lipinski definition) is 0. The van der Waals surface area contributed by atoms with Gasteiger partial charge in [-0.2, -0.15) is 0 Å². The zero-order chi connectivity index (χ0) is 33.4. The monoisotopic (exact) mass is 643 g/mol. The Morgan fingerprint density at radius 1 is 0.400 bits per heavy atom. The molecule has 1 aliphatic heterocycles. The number of anilines is 3. The first-order valence-electron chi connectivity index (χ1n) is 17.8. The second-order valence-corrected chi connectivity index (χ2v) is 13.4. The molecule has 10 rings (SSSR count). The highest BCUT2D eigenvalue weighted by Crippen LogP contribution is 2.58. The van der Waals surface area contributed by atoms with Gasteiger partial charge in [0, 0.05) is 62.4 Å². The van der Waals surface area contributed by atoms with E-state index in [1.54, 1.807) is 0 Å². The van der Waals surface area contributed by atoms with Crippen molar-refractivity contribution < 1.29 is 0 Å². The van der Waals surface area contributed by atoms with Gasteiger partial charge in [0.25, 0.3) is 0 Å². The van der Waals surface area contributed by atoms with Gasteiger partial charge in [0.05, 0.1) is 16.8 Å². The quantitative estimate of drug-likeness (QED) is 0.182. The average Bonchev–Trinajstić information content (AvgIpc) is 3.68. The summed E-state index contributed by atoms with van der Waals surface area (Å²) >= 11 is 0. The van der Waals surface area contributed by atoms with Gasteiger partial charge in [0.15, 0.2) is 0 Å². The van der Waals surface area contributed by atoms with Gasteiger partial charge in [0.1, 0.15) is 0 Å². The third kappa shape index (κ3) is 3.80. The molecule has 7 aromatic carbocycles. The summed E-state index contributed by atoms with van der Waals surface area (Å²) in [5, 5.41) is 5.18. The summed E-state index contributed by atoms with van der Waals surface area (Å²) in [6.07, 6.45) is 0. The van der Waals surface area contributed by atoms with E-state index in [0.29, 0.717) is 0 Å². The van der Waals surface area contributed by atoms with Crippen LogP contribution in [0.2, 0.25) is 0 Å². The Hall–Kier alpha value is -6.06. The molecule has 1 aliphatic rings. The van der Waals surface area contributed by atoms with Gasteiger partial charge in [0.2, 0.25) is 0 Å². The summed E-state index contributed by atoms with van der Waals surface area (Å²) in [7, 11) is 0. The van der Waals surface area contributed by atoms with Crippen LogP contribution in [0.3, 0.4) is 0 Å². The Morgan fingerprint density at radius 3 is 1.32 bits per heavy atom. The molecule has 0 unspecified atom stereocenters. The van der Waals surface area contributed by atoms with Gasteiger partial charge >= 0.3 is 0 Å². The molecule has 3 nitrogen and oxygen atoms in total. The zero-order valence-electron chi connectivity index (χ0n) is 28.3. The summed E-state index contributed by atoms with van der Waals surface area (Å²) in [4.78, 5) is 2.45. The van der Waals surface area contributed by atoms with Crippen LogP contribution in [0.5, 0.6) is 0 Å². The topological polar surface area (TPSA) is 13.1 Å². The summed E-state index contributed by atoms with van der Waals surface area (Å²) in [5.41, 5.74) is 13.2. The largest absolute Gasteiger partial charge is 0.341 e. The highest BCUT2D eigenvalue weighted by atomic mass is 15.2. The van der Waals surface area contributed by atoms with Crippen molar-refractivity contribution >= 4 is 60.7 Å². The number of rotatable bonds is 5. The smallest absolute Gasteiger partial charge is 0.0742 e. The van der Waals surface area contributed by atoms with Crippen LogP contribution in [0.15, 0.2) is 164 Å². The van der Waals surface area contributed by atoms with Gasteiger partial charge in [-0.15, -0.1) is 0 Å². The van der Waals surface area contributed by atoms with E-state index in [1.165, 1.54) is 77.2 Å². The van der Waals surface area contributed by atoms with Gasteiger partial charge in [-0.25, -0.2) is 0 Å². The fourth-order valence-electron chi connectivity index (χ4n) is 9.15. The zero-order valence-corrected chi connectivity index (χ0v) is 28.3. The van der Waals surface area contributed by atoms with Crippen molar-refractivity contribution in [3.8, 4) is 0 Å². The van der Waals surface area contributed by atoms with Crippen LogP contribution < -0.4 is 4.90 Å². The Morgan fingerprint density at radius 2 is 0.820 bits per heavy atom. The Labute approximate surface area is 292 Å². The van der Waals surface area contributed by atoms with Crippen LogP contribution >= 0.6 is 0 Å². The lowest BCUT2D eigenvalue weighted by molar-refractivity contribution is 0.733. The Bertz CT molecular complexity index is 2580. The van der Waals surface area contributed by atoms with E-state index in [-0.39, 0.29) is 0 Å². The van der Waals surface area contributed by atoms with Crippen LogP contribution in [0.1, 0.15) is 36.1 Å². The maximum Gasteiger partial charge on any atom is 0.0742 e. The summed E-state index contributed by atoms with van der Waals surface area (Å²) in [5.74, 6) is 0. The SMILES string of the molecule is CCn1c2ccccc2c2cc(C3(c4ccc5c(c4)c4ccccc4n5CC)c4ccccc4N(c4ccccc4)c4ccccc43)ccc21. The molecule has 50 heavy (non-hydrogen) atoms. The van der Waals surface area contributed by atoms with Crippen molar-refractivity contribution in [3.05, 3.63) is 186 Å². The molecule has 3 heteroatoms. The normalized spacial score (nSPS) is 13.7. The fraction of sp³-hybridized carbons (Fsp3) is 0.106. The van der Waals surface area contributed by atoms with Crippen LogP contribution in [-0.2, 0) is 18.5 Å². The third-order valence-corrected chi connectivity index (χ3v) is 11.2. The molecule has 3 heterocycles. The number of aryl methyl sites for hydroxylation is 2. The molecule has 0 spiro atoms. The van der Waals surface area contributed by atoms with Gasteiger partial charge < -0.3 is 14.0 Å². The van der Waals surface area contributed by atoms with E-state index < -0.39 is 5.41 Å². The molecule has 0 aliphatic carbocycles. The standard InChI is InChI=1S/C47H37N3/c1-3-48-41-22-12-8-18-35(41)37-30-32(26-28-43(37)48)47(33-27-29-44-38(31-33)36-19-9-13-23-42(36)49(44)4-2)39-20-10-14-24-45(39)50(34-16-6-5-7-17-34)46-25-15-11-21-40(46)47/h5-31H,3-4H2,1-2H3. The van der Waals surface area contributed by atoms with Crippen LogP contribution in [-0.4, -0.2) is 9.13 Å². The number of benzene rings is 7. The van der Waals surface area contributed by atoms with E-state index in [9.17, 15) is 0 Å². The lowest BCUT2D eigenvalue weighted by Gasteiger charge is -2.46. The first-order chi connectivity index (χ1) is 24.7. The van der Waals surface area contributed by atoms with Crippen molar-refractivity contribution in [3.63, 3.8) is 0 Å². The van der Waals surface area contributed by atoms with Crippen molar-refractivity contribution in [1.82, 2.24) is 9.13 Å².